The highest BCUT2D eigenvalue weighted by atomic mass is 32.1. The zero-order chi connectivity index (χ0) is 17.3. The van der Waals surface area contributed by atoms with Gasteiger partial charge in [-0.1, -0.05) is 0 Å². The summed E-state index contributed by atoms with van der Waals surface area (Å²) in [6.45, 7) is 6.45. The molecule has 0 radical (unpaired) electrons. The number of rotatable bonds is 4. The van der Waals surface area contributed by atoms with Crippen LogP contribution in [0, 0.1) is 13.8 Å². The third-order valence-corrected chi connectivity index (χ3v) is 5.03. The van der Waals surface area contributed by atoms with Crippen LogP contribution in [0.15, 0.2) is 11.4 Å². The molecule has 0 spiro atoms. The average molecular weight is 359 g/mol. The molecule has 2 aromatic heterocycles. The third kappa shape index (κ3) is 3.99. The second-order valence-electron chi connectivity index (χ2n) is 6.00. The van der Waals surface area contributed by atoms with Crippen molar-refractivity contribution in [2.75, 3.05) is 26.3 Å². The summed E-state index contributed by atoms with van der Waals surface area (Å²) >= 11 is 1.55. The van der Waals surface area contributed by atoms with E-state index in [-0.39, 0.29) is 0 Å². The van der Waals surface area contributed by atoms with Crippen molar-refractivity contribution in [3.05, 3.63) is 27.8 Å². The maximum absolute atomic E-state index is 12.7. The van der Waals surface area contributed by atoms with Crippen molar-refractivity contribution < 1.29 is 17.9 Å². The van der Waals surface area contributed by atoms with Crippen LogP contribution in [0.4, 0.5) is 13.2 Å². The molecule has 3 heterocycles. The minimum atomic E-state index is -4.23. The first-order valence-corrected chi connectivity index (χ1v) is 8.70. The molecule has 3 rings (SSSR count). The smallest absolute Gasteiger partial charge is 0.379 e. The number of morpholine rings is 1. The van der Waals surface area contributed by atoms with E-state index >= 15 is 0 Å². The normalized spacial score (nSPS) is 16.7. The van der Waals surface area contributed by atoms with Crippen LogP contribution < -0.4 is 0 Å². The van der Waals surface area contributed by atoms with Gasteiger partial charge in [0.25, 0.3) is 0 Å². The van der Waals surface area contributed by atoms with E-state index < -0.39 is 12.7 Å². The number of halogens is 3. The van der Waals surface area contributed by atoms with Gasteiger partial charge in [0, 0.05) is 35.4 Å². The Bertz CT molecular complexity index is 702. The minimum absolute atomic E-state index is 0.600. The summed E-state index contributed by atoms with van der Waals surface area (Å²) in [4.78, 5) is 6.90. The Morgan fingerprint density at radius 1 is 1.25 bits per heavy atom. The van der Waals surface area contributed by atoms with Crippen LogP contribution in [-0.2, 0) is 17.8 Å². The highest BCUT2D eigenvalue weighted by Crippen LogP contribution is 2.30. The third-order valence-electron chi connectivity index (χ3n) is 4.20. The SMILES string of the molecule is Cc1cc(-c2csc(CN3CCOCC3)n2)c(C)n1CC(F)(F)F. The van der Waals surface area contributed by atoms with E-state index in [4.69, 9.17) is 4.74 Å². The summed E-state index contributed by atoms with van der Waals surface area (Å²) in [7, 11) is 0. The standard InChI is InChI=1S/C16H20F3N3OS/c1-11-7-13(12(2)22(11)10-16(17,18)19)14-9-24-15(20-14)8-21-3-5-23-6-4-21/h7,9H,3-6,8,10H2,1-2H3. The van der Waals surface area contributed by atoms with Crippen molar-refractivity contribution in [2.24, 2.45) is 0 Å². The molecule has 4 nitrogen and oxygen atoms in total. The molecule has 1 fully saturated rings. The number of alkyl halides is 3. The largest absolute Gasteiger partial charge is 0.406 e. The van der Waals surface area contributed by atoms with E-state index in [0.29, 0.717) is 11.4 Å². The molecule has 0 aromatic carbocycles. The molecule has 0 amide bonds. The van der Waals surface area contributed by atoms with Gasteiger partial charge < -0.3 is 9.30 Å². The quantitative estimate of drug-likeness (QED) is 0.835. The topological polar surface area (TPSA) is 30.3 Å². The Morgan fingerprint density at radius 2 is 1.96 bits per heavy atom. The molecule has 1 aliphatic rings. The minimum Gasteiger partial charge on any atom is -0.379 e. The molecule has 0 bridgehead atoms. The lowest BCUT2D eigenvalue weighted by molar-refractivity contribution is -0.141. The Labute approximate surface area is 142 Å². The number of hydrogen-bond donors (Lipinski definition) is 0. The van der Waals surface area contributed by atoms with E-state index in [0.717, 1.165) is 49.1 Å². The van der Waals surface area contributed by atoms with Crippen LogP contribution in [0.25, 0.3) is 11.3 Å². The van der Waals surface area contributed by atoms with E-state index in [9.17, 15) is 13.2 Å². The van der Waals surface area contributed by atoms with Crippen LogP contribution >= 0.6 is 11.3 Å². The van der Waals surface area contributed by atoms with E-state index in [1.165, 1.54) is 4.57 Å². The predicted octanol–water partition coefficient (Wildman–Crippen LogP) is 3.62. The van der Waals surface area contributed by atoms with Crippen molar-refractivity contribution in [1.82, 2.24) is 14.5 Å². The molecule has 0 aliphatic carbocycles. The second-order valence-corrected chi connectivity index (χ2v) is 6.94. The fraction of sp³-hybridized carbons (Fsp3) is 0.562. The molecule has 0 unspecified atom stereocenters. The summed E-state index contributed by atoms with van der Waals surface area (Å²) in [5.74, 6) is 0. The molecule has 0 N–H and O–H groups in total. The van der Waals surface area contributed by atoms with Crippen molar-refractivity contribution in [1.29, 1.82) is 0 Å². The monoisotopic (exact) mass is 359 g/mol. The second kappa shape index (κ2) is 6.85. The Kier molecular flexibility index (Phi) is 4.98. The van der Waals surface area contributed by atoms with Crippen LogP contribution in [0.3, 0.4) is 0 Å². The van der Waals surface area contributed by atoms with Gasteiger partial charge in [0.2, 0.25) is 0 Å². The first-order chi connectivity index (χ1) is 11.3. The van der Waals surface area contributed by atoms with E-state index in [1.807, 2.05) is 5.38 Å². The molecular weight excluding hydrogens is 339 g/mol. The molecule has 1 saturated heterocycles. The average Bonchev–Trinajstić information content (AvgIpc) is 3.07. The zero-order valence-corrected chi connectivity index (χ0v) is 14.5. The van der Waals surface area contributed by atoms with Gasteiger partial charge in [0.1, 0.15) is 11.6 Å². The highest BCUT2D eigenvalue weighted by molar-refractivity contribution is 7.09. The van der Waals surface area contributed by atoms with Gasteiger partial charge in [-0.2, -0.15) is 13.2 Å². The van der Waals surface area contributed by atoms with Gasteiger partial charge in [0.15, 0.2) is 0 Å². The lowest BCUT2D eigenvalue weighted by atomic mass is 10.2. The predicted molar refractivity (Wildman–Crippen MR) is 87.2 cm³/mol. The Hall–Kier alpha value is -1.38. The number of aromatic nitrogens is 2. The summed E-state index contributed by atoms with van der Waals surface area (Å²) in [5, 5.41) is 2.91. The van der Waals surface area contributed by atoms with Crippen LogP contribution in [0.5, 0.6) is 0 Å². The van der Waals surface area contributed by atoms with Gasteiger partial charge in [-0.15, -0.1) is 11.3 Å². The number of aryl methyl sites for hydroxylation is 1. The fourth-order valence-corrected chi connectivity index (χ4v) is 3.78. The molecule has 8 heteroatoms. The maximum Gasteiger partial charge on any atom is 0.406 e. The number of nitrogens with zero attached hydrogens (tertiary/aromatic N) is 3. The van der Waals surface area contributed by atoms with Gasteiger partial charge >= 0.3 is 6.18 Å². The molecule has 132 valence electrons. The van der Waals surface area contributed by atoms with Gasteiger partial charge in [-0.05, 0) is 19.9 Å². The Balaban J connectivity index is 1.78. The molecule has 0 saturated carbocycles. The molecule has 24 heavy (non-hydrogen) atoms. The van der Waals surface area contributed by atoms with Gasteiger partial charge in [-0.25, -0.2) is 4.98 Å². The molecule has 1 aliphatic heterocycles. The fourth-order valence-electron chi connectivity index (χ4n) is 2.94. The summed E-state index contributed by atoms with van der Waals surface area (Å²) in [6.07, 6.45) is -4.23. The number of thiazole rings is 1. The first-order valence-electron chi connectivity index (χ1n) is 7.82. The van der Waals surface area contributed by atoms with Crippen LogP contribution in [-0.4, -0.2) is 46.9 Å². The zero-order valence-electron chi connectivity index (χ0n) is 13.7. The van der Waals surface area contributed by atoms with Gasteiger partial charge in [0.05, 0.1) is 25.5 Å². The summed E-state index contributed by atoms with van der Waals surface area (Å²) in [6, 6.07) is 1.79. The van der Waals surface area contributed by atoms with Gasteiger partial charge in [-0.3, -0.25) is 4.90 Å². The van der Waals surface area contributed by atoms with Crippen LogP contribution in [0.1, 0.15) is 16.4 Å². The van der Waals surface area contributed by atoms with Crippen molar-refractivity contribution >= 4 is 11.3 Å². The van der Waals surface area contributed by atoms with E-state index in [1.54, 1.807) is 31.3 Å². The van der Waals surface area contributed by atoms with Crippen molar-refractivity contribution in [3.8, 4) is 11.3 Å². The summed E-state index contributed by atoms with van der Waals surface area (Å²) < 4.78 is 44.8. The molecular formula is C16H20F3N3OS. The summed E-state index contributed by atoms with van der Waals surface area (Å²) in [5.41, 5.74) is 2.74. The number of hydrogen-bond acceptors (Lipinski definition) is 4. The maximum atomic E-state index is 12.7. The lowest BCUT2D eigenvalue weighted by Gasteiger charge is -2.25. The number of ether oxygens (including phenoxy) is 1. The van der Waals surface area contributed by atoms with Crippen molar-refractivity contribution in [2.45, 2.75) is 33.1 Å². The van der Waals surface area contributed by atoms with E-state index in [2.05, 4.69) is 9.88 Å². The lowest BCUT2D eigenvalue weighted by Crippen LogP contribution is -2.35. The molecule has 0 atom stereocenters. The Morgan fingerprint density at radius 3 is 2.62 bits per heavy atom. The highest BCUT2D eigenvalue weighted by Gasteiger charge is 2.30. The first kappa shape index (κ1) is 17.4. The van der Waals surface area contributed by atoms with Crippen molar-refractivity contribution in [3.63, 3.8) is 0 Å². The van der Waals surface area contributed by atoms with Crippen LogP contribution in [0.2, 0.25) is 0 Å². The molecule has 2 aromatic rings.